The summed E-state index contributed by atoms with van der Waals surface area (Å²) in [5.41, 5.74) is 0.857. The zero-order chi connectivity index (χ0) is 14.5. The number of ketones is 1. The topological polar surface area (TPSA) is 72.5 Å². The number of sulfonamides is 1. The molecule has 0 bridgehead atoms. The quantitative estimate of drug-likeness (QED) is 0.778. The monoisotopic (exact) mass is 285 g/mol. The molecule has 0 aliphatic carbocycles. The molecule has 0 saturated heterocycles. The Hall–Kier alpha value is -1.40. The summed E-state index contributed by atoms with van der Waals surface area (Å²) in [7, 11) is -3.46. The van der Waals surface area contributed by atoms with Crippen molar-refractivity contribution < 1.29 is 17.9 Å². The first kappa shape index (κ1) is 15.7. The second kappa shape index (κ2) is 6.68. The Labute approximate surface area is 114 Å². The summed E-state index contributed by atoms with van der Waals surface area (Å²) < 4.78 is 31.2. The van der Waals surface area contributed by atoms with E-state index < -0.39 is 10.0 Å². The fourth-order valence-corrected chi connectivity index (χ4v) is 2.33. The second-order valence-corrected chi connectivity index (χ2v) is 6.32. The Morgan fingerprint density at radius 3 is 2.63 bits per heavy atom. The molecule has 1 rings (SSSR count). The van der Waals surface area contributed by atoms with Gasteiger partial charge in [0.15, 0.2) is 5.78 Å². The number of carbonyl (C=O) groups is 1. The van der Waals surface area contributed by atoms with E-state index in [0.29, 0.717) is 11.3 Å². The van der Waals surface area contributed by atoms with E-state index >= 15 is 0 Å². The van der Waals surface area contributed by atoms with Gasteiger partial charge in [0.05, 0.1) is 18.5 Å². The molecule has 0 heterocycles. The molecule has 0 saturated carbocycles. The van der Waals surface area contributed by atoms with E-state index in [2.05, 4.69) is 4.72 Å². The van der Waals surface area contributed by atoms with Gasteiger partial charge < -0.3 is 4.74 Å². The van der Waals surface area contributed by atoms with Crippen LogP contribution in [0.2, 0.25) is 0 Å². The lowest BCUT2D eigenvalue weighted by Gasteiger charge is -2.10. The summed E-state index contributed by atoms with van der Waals surface area (Å²) in [6.45, 7) is 5.26. The maximum Gasteiger partial charge on any atom is 0.235 e. The molecule has 6 heteroatoms. The molecule has 5 nitrogen and oxygen atoms in total. The lowest BCUT2D eigenvalue weighted by Crippen LogP contribution is -2.21. The van der Waals surface area contributed by atoms with Gasteiger partial charge in [-0.1, -0.05) is 12.1 Å². The molecule has 0 fully saturated rings. The number of Topliss-reactive ketones (excluding diaryl/α,β-unsaturated/α-hetero) is 1. The minimum atomic E-state index is -3.46. The van der Waals surface area contributed by atoms with Crippen molar-refractivity contribution in [3.8, 4) is 0 Å². The number of hydrogen-bond donors (Lipinski definition) is 1. The maximum atomic E-state index is 11.8. The van der Waals surface area contributed by atoms with Gasteiger partial charge in [-0.25, -0.2) is 8.42 Å². The lowest BCUT2D eigenvalue weighted by atomic mass is 10.1. The van der Waals surface area contributed by atoms with Gasteiger partial charge >= 0.3 is 0 Å². The summed E-state index contributed by atoms with van der Waals surface area (Å²) in [5.74, 6) is -0.223. The van der Waals surface area contributed by atoms with Gasteiger partial charge in [-0.15, -0.1) is 0 Å². The minimum absolute atomic E-state index is 0.00348. The minimum Gasteiger partial charge on any atom is -0.378 e. The largest absolute Gasteiger partial charge is 0.378 e. The molecule has 0 aliphatic rings. The summed E-state index contributed by atoms with van der Waals surface area (Å²) in [6.07, 6.45) is -0.00348. The average molecular weight is 285 g/mol. The Kier molecular flexibility index (Phi) is 5.50. The van der Waals surface area contributed by atoms with Crippen LogP contribution in [0.25, 0.3) is 0 Å². The standard InChI is InChI=1S/C13H19NO4S/c1-10(2)18-7-8-19(16,17)14-13-6-4-5-12(9-13)11(3)15/h4-6,9-10,14H,7-8H2,1-3H3. The van der Waals surface area contributed by atoms with Crippen LogP contribution in [0.5, 0.6) is 0 Å². The van der Waals surface area contributed by atoms with E-state index in [-0.39, 0.29) is 24.2 Å². The molecule has 0 aliphatic heterocycles. The third-order valence-corrected chi connectivity index (χ3v) is 3.60. The van der Waals surface area contributed by atoms with Crippen molar-refractivity contribution in [1.29, 1.82) is 0 Å². The molecule has 1 N–H and O–H groups in total. The Morgan fingerprint density at radius 2 is 2.05 bits per heavy atom. The zero-order valence-corrected chi connectivity index (χ0v) is 12.2. The van der Waals surface area contributed by atoms with Crippen LogP contribution >= 0.6 is 0 Å². The molecule has 0 radical (unpaired) electrons. The molecule has 19 heavy (non-hydrogen) atoms. The van der Waals surface area contributed by atoms with Gasteiger partial charge in [-0.3, -0.25) is 9.52 Å². The predicted molar refractivity (Wildman–Crippen MR) is 74.9 cm³/mol. The lowest BCUT2D eigenvalue weighted by molar-refractivity contribution is 0.0913. The molecular formula is C13H19NO4S. The fraction of sp³-hybridized carbons (Fsp3) is 0.462. The van der Waals surface area contributed by atoms with Gasteiger partial charge in [-0.05, 0) is 32.9 Å². The van der Waals surface area contributed by atoms with Crippen LogP contribution in [0.15, 0.2) is 24.3 Å². The highest BCUT2D eigenvalue weighted by molar-refractivity contribution is 7.92. The molecule has 0 unspecified atom stereocenters. The second-order valence-electron chi connectivity index (χ2n) is 4.48. The Balaban J connectivity index is 2.67. The summed E-state index contributed by atoms with van der Waals surface area (Å²) in [5, 5.41) is 0. The first-order valence-corrected chi connectivity index (χ1v) is 7.68. The van der Waals surface area contributed by atoms with Crippen LogP contribution in [0.3, 0.4) is 0 Å². The number of rotatable bonds is 7. The number of hydrogen-bond acceptors (Lipinski definition) is 4. The average Bonchev–Trinajstić information content (AvgIpc) is 2.27. The molecule has 0 spiro atoms. The molecule has 106 valence electrons. The molecule has 0 amide bonds. The van der Waals surface area contributed by atoms with Gasteiger partial charge in [0.2, 0.25) is 10.0 Å². The van der Waals surface area contributed by atoms with Crippen molar-refractivity contribution in [2.45, 2.75) is 26.9 Å². The summed E-state index contributed by atoms with van der Waals surface area (Å²) in [4.78, 5) is 11.2. The van der Waals surface area contributed by atoms with Crippen molar-refractivity contribution in [2.24, 2.45) is 0 Å². The van der Waals surface area contributed by atoms with Crippen LogP contribution in [0.4, 0.5) is 5.69 Å². The first-order chi connectivity index (χ1) is 8.80. The number of benzene rings is 1. The van der Waals surface area contributed by atoms with E-state index in [0.717, 1.165) is 0 Å². The van der Waals surface area contributed by atoms with E-state index in [1.165, 1.54) is 13.0 Å². The summed E-state index contributed by atoms with van der Waals surface area (Å²) in [6, 6.07) is 6.40. The van der Waals surface area contributed by atoms with E-state index in [1.807, 2.05) is 13.8 Å². The van der Waals surface area contributed by atoms with Gasteiger partial charge in [0.1, 0.15) is 0 Å². The highest BCUT2D eigenvalue weighted by Crippen LogP contribution is 2.13. The van der Waals surface area contributed by atoms with Crippen LogP contribution in [-0.2, 0) is 14.8 Å². The van der Waals surface area contributed by atoms with Crippen molar-refractivity contribution in [2.75, 3.05) is 17.1 Å². The predicted octanol–water partition coefficient (Wildman–Crippen LogP) is 2.06. The number of nitrogens with one attached hydrogen (secondary N) is 1. The molecular weight excluding hydrogens is 266 g/mol. The first-order valence-electron chi connectivity index (χ1n) is 6.03. The van der Waals surface area contributed by atoms with Crippen LogP contribution in [-0.4, -0.2) is 32.7 Å². The highest BCUT2D eigenvalue weighted by Gasteiger charge is 2.11. The van der Waals surface area contributed by atoms with Gasteiger partial charge in [-0.2, -0.15) is 0 Å². The highest BCUT2D eigenvalue weighted by atomic mass is 32.2. The Morgan fingerprint density at radius 1 is 1.37 bits per heavy atom. The van der Waals surface area contributed by atoms with Crippen molar-refractivity contribution in [3.63, 3.8) is 0 Å². The fourth-order valence-electron chi connectivity index (χ4n) is 1.43. The molecule has 0 aromatic heterocycles. The van der Waals surface area contributed by atoms with Crippen LogP contribution in [0, 0.1) is 0 Å². The molecule has 1 aromatic rings. The molecule has 0 atom stereocenters. The van der Waals surface area contributed by atoms with Crippen LogP contribution < -0.4 is 4.72 Å². The summed E-state index contributed by atoms with van der Waals surface area (Å²) >= 11 is 0. The van der Waals surface area contributed by atoms with E-state index in [4.69, 9.17) is 4.74 Å². The van der Waals surface area contributed by atoms with Gasteiger partial charge in [0.25, 0.3) is 0 Å². The normalized spacial score (nSPS) is 11.6. The number of carbonyl (C=O) groups excluding carboxylic acids is 1. The maximum absolute atomic E-state index is 11.8. The van der Waals surface area contributed by atoms with Gasteiger partial charge in [0, 0.05) is 11.3 Å². The third-order valence-electron chi connectivity index (χ3n) is 2.35. The van der Waals surface area contributed by atoms with Crippen molar-refractivity contribution >= 4 is 21.5 Å². The van der Waals surface area contributed by atoms with Crippen molar-refractivity contribution in [3.05, 3.63) is 29.8 Å². The van der Waals surface area contributed by atoms with E-state index in [9.17, 15) is 13.2 Å². The molecule has 1 aromatic carbocycles. The van der Waals surface area contributed by atoms with E-state index in [1.54, 1.807) is 18.2 Å². The zero-order valence-electron chi connectivity index (χ0n) is 11.3. The third kappa shape index (κ3) is 5.85. The number of anilines is 1. The smallest absolute Gasteiger partial charge is 0.235 e. The van der Waals surface area contributed by atoms with Crippen molar-refractivity contribution in [1.82, 2.24) is 0 Å². The Bertz CT molecular complexity index is 537. The van der Waals surface area contributed by atoms with Crippen LogP contribution in [0.1, 0.15) is 31.1 Å². The SMILES string of the molecule is CC(=O)c1cccc(NS(=O)(=O)CCOC(C)C)c1. The number of ether oxygens (including phenoxy) is 1.